The Morgan fingerprint density at radius 1 is 1.00 bits per heavy atom. The Kier molecular flexibility index (Phi) is 6.34. The molecule has 1 aliphatic carbocycles. The van der Waals surface area contributed by atoms with Crippen molar-refractivity contribution in [3.63, 3.8) is 0 Å². The van der Waals surface area contributed by atoms with Gasteiger partial charge < -0.3 is 10.2 Å². The van der Waals surface area contributed by atoms with Crippen molar-refractivity contribution in [3.8, 4) is 0 Å². The van der Waals surface area contributed by atoms with Crippen molar-refractivity contribution in [3.05, 3.63) is 67.6 Å². The predicted octanol–water partition coefficient (Wildman–Crippen LogP) is 6.13. The van der Waals surface area contributed by atoms with Gasteiger partial charge in [0, 0.05) is 38.2 Å². The second-order valence-electron chi connectivity index (χ2n) is 8.08. The Morgan fingerprint density at radius 2 is 1.69 bits per heavy atom. The van der Waals surface area contributed by atoms with Crippen LogP contribution in [-0.4, -0.2) is 36.5 Å². The molecule has 1 spiro atoms. The zero-order chi connectivity index (χ0) is 20.6. The molecular formula is C22H22Cl4N2O. The Morgan fingerprint density at radius 3 is 2.34 bits per heavy atom. The van der Waals surface area contributed by atoms with Gasteiger partial charge in [0.05, 0.1) is 0 Å². The van der Waals surface area contributed by atoms with E-state index in [9.17, 15) is 4.79 Å². The summed E-state index contributed by atoms with van der Waals surface area (Å²) in [5.74, 6) is -0.101. The molecule has 1 aliphatic heterocycles. The molecule has 1 atom stereocenters. The third-order valence-electron chi connectivity index (χ3n) is 6.18. The minimum absolute atomic E-state index is 0.101. The largest absolute Gasteiger partial charge is 0.349 e. The van der Waals surface area contributed by atoms with Crippen molar-refractivity contribution in [1.82, 2.24) is 10.2 Å². The van der Waals surface area contributed by atoms with E-state index < -0.39 is 0 Å². The van der Waals surface area contributed by atoms with Crippen molar-refractivity contribution >= 4 is 52.3 Å². The lowest BCUT2D eigenvalue weighted by atomic mass is 9.92. The monoisotopic (exact) mass is 470 g/mol. The van der Waals surface area contributed by atoms with E-state index >= 15 is 0 Å². The number of nitrogens with one attached hydrogen (secondary N) is 1. The molecule has 2 fully saturated rings. The van der Waals surface area contributed by atoms with Crippen molar-refractivity contribution < 1.29 is 4.79 Å². The van der Waals surface area contributed by atoms with Gasteiger partial charge in [0.15, 0.2) is 0 Å². The molecule has 1 amide bonds. The number of likely N-dealkylation sites (tertiary alicyclic amines) is 1. The minimum Gasteiger partial charge on any atom is -0.349 e. The number of benzene rings is 2. The third-order valence-corrected chi connectivity index (χ3v) is 7.21. The highest BCUT2D eigenvalue weighted by Gasteiger charge is 2.55. The van der Waals surface area contributed by atoms with Crippen LogP contribution in [0.15, 0.2) is 36.4 Å². The normalized spacial score (nSPS) is 20.6. The van der Waals surface area contributed by atoms with Gasteiger partial charge in [0.1, 0.15) is 0 Å². The van der Waals surface area contributed by atoms with Crippen LogP contribution in [0.2, 0.25) is 20.1 Å². The van der Waals surface area contributed by atoms with Crippen LogP contribution in [-0.2, 0) is 6.42 Å². The van der Waals surface area contributed by atoms with Crippen LogP contribution in [0.1, 0.15) is 35.2 Å². The Labute approximate surface area is 191 Å². The molecule has 2 aromatic rings. The number of hydrogen-bond donors (Lipinski definition) is 1. The zero-order valence-electron chi connectivity index (χ0n) is 15.9. The minimum atomic E-state index is -0.101. The summed E-state index contributed by atoms with van der Waals surface area (Å²) in [4.78, 5) is 15.0. The smallest absolute Gasteiger partial charge is 0.251 e. The standard InChI is InChI=1S/C22H22Cl4N2O/c23-16-2-1-14(19(26)12-16)3-6-28-7-4-22(5-8-28)13-20(22)27-21(29)15-9-17(24)11-18(25)10-15/h1-2,9-12,20H,3-8,13H2,(H,27,29). The fourth-order valence-electron chi connectivity index (χ4n) is 4.26. The zero-order valence-corrected chi connectivity index (χ0v) is 18.9. The summed E-state index contributed by atoms with van der Waals surface area (Å²) >= 11 is 24.3. The molecule has 1 heterocycles. The van der Waals surface area contributed by atoms with Gasteiger partial charge in [-0.05, 0) is 80.1 Å². The Bertz CT molecular complexity index is 905. The third kappa shape index (κ3) is 5.03. The quantitative estimate of drug-likeness (QED) is 0.568. The lowest BCUT2D eigenvalue weighted by molar-refractivity contribution is 0.0935. The summed E-state index contributed by atoms with van der Waals surface area (Å²) in [6.45, 7) is 3.07. The highest BCUT2D eigenvalue weighted by atomic mass is 35.5. The first-order valence-corrected chi connectivity index (χ1v) is 11.3. The predicted molar refractivity (Wildman–Crippen MR) is 121 cm³/mol. The first-order chi connectivity index (χ1) is 13.8. The maximum absolute atomic E-state index is 12.5. The van der Waals surface area contributed by atoms with Gasteiger partial charge in [-0.3, -0.25) is 4.79 Å². The van der Waals surface area contributed by atoms with E-state index in [-0.39, 0.29) is 17.4 Å². The molecule has 4 rings (SSSR count). The SMILES string of the molecule is O=C(NC1CC12CCN(CCc1ccc(Cl)cc1Cl)CC2)c1cc(Cl)cc(Cl)c1. The van der Waals surface area contributed by atoms with Gasteiger partial charge in [-0.15, -0.1) is 0 Å². The molecular weight excluding hydrogens is 450 g/mol. The number of hydrogen-bond acceptors (Lipinski definition) is 2. The van der Waals surface area contributed by atoms with Crippen LogP contribution >= 0.6 is 46.4 Å². The van der Waals surface area contributed by atoms with Crippen molar-refractivity contribution in [1.29, 1.82) is 0 Å². The Balaban J connectivity index is 1.26. The number of halogens is 4. The van der Waals surface area contributed by atoms with E-state index in [1.54, 1.807) is 24.3 Å². The summed E-state index contributed by atoms with van der Waals surface area (Å²) in [5.41, 5.74) is 1.89. The summed E-state index contributed by atoms with van der Waals surface area (Å²) in [5, 5.41) is 5.52. The molecule has 1 unspecified atom stereocenters. The number of piperidine rings is 1. The van der Waals surface area contributed by atoms with E-state index in [4.69, 9.17) is 46.4 Å². The summed E-state index contributed by atoms with van der Waals surface area (Å²) in [6.07, 6.45) is 4.16. The van der Waals surface area contributed by atoms with Crippen molar-refractivity contribution in [2.75, 3.05) is 19.6 Å². The first kappa shape index (κ1) is 21.3. The Hall–Kier alpha value is -0.970. The number of carbonyl (C=O) groups excluding carboxylic acids is 1. The van der Waals surface area contributed by atoms with Gasteiger partial charge in [-0.2, -0.15) is 0 Å². The maximum Gasteiger partial charge on any atom is 0.251 e. The summed E-state index contributed by atoms with van der Waals surface area (Å²) in [7, 11) is 0. The van der Waals surface area contributed by atoms with Crippen LogP contribution in [0, 0.1) is 5.41 Å². The van der Waals surface area contributed by atoms with Crippen LogP contribution in [0.3, 0.4) is 0 Å². The van der Waals surface area contributed by atoms with Gasteiger partial charge in [-0.25, -0.2) is 0 Å². The van der Waals surface area contributed by atoms with E-state index in [1.165, 1.54) is 0 Å². The van der Waals surface area contributed by atoms with Crippen LogP contribution in [0.25, 0.3) is 0 Å². The summed E-state index contributed by atoms with van der Waals surface area (Å²) < 4.78 is 0. The van der Waals surface area contributed by atoms with Crippen LogP contribution < -0.4 is 5.32 Å². The second-order valence-corrected chi connectivity index (χ2v) is 9.79. The first-order valence-electron chi connectivity index (χ1n) is 9.78. The number of rotatable bonds is 5. The fourth-order valence-corrected chi connectivity index (χ4v) is 5.28. The van der Waals surface area contributed by atoms with Gasteiger partial charge in [0.2, 0.25) is 0 Å². The van der Waals surface area contributed by atoms with Crippen LogP contribution in [0.4, 0.5) is 0 Å². The molecule has 3 nitrogen and oxygen atoms in total. The van der Waals surface area contributed by atoms with E-state index in [2.05, 4.69) is 10.2 Å². The molecule has 7 heteroatoms. The van der Waals surface area contributed by atoms with E-state index in [0.717, 1.165) is 55.9 Å². The molecule has 0 radical (unpaired) electrons. The molecule has 1 N–H and O–H groups in total. The van der Waals surface area contributed by atoms with Gasteiger partial charge in [0.25, 0.3) is 5.91 Å². The molecule has 154 valence electrons. The second kappa shape index (κ2) is 8.64. The highest BCUT2D eigenvalue weighted by molar-refractivity contribution is 6.35. The maximum atomic E-state index is 12.5. The average Bonchev–Trinajstić information content (AvgIpc) is 3.32. The van der Waals surface area contributed by atoms with Gasteiger partial charge in [-0.1, -0.05) is 52.5 Å². The molecule has 1 saturated heterocycles. The highest BCUT2D eigenvalue weighted by Crippen LogP contribution is 2.54. The van der Waals surface area contributed by atoms with Crippen molar-refractivity contribution in [2.24, 2.45) is 5.41 Å². The molecule has 29 heavy (non-hydrogen) atoms. The van der Waals surface area contributed by atoms with E-state index in [1.807, 2.05) is 12.1 Å². The van der Waals surface area contributed by atoms with Crippen molar-refractivity contribution in [2.45, 2.75) is 31.7 Å². The lowest BCUT2D eigenvalue weighted by Crippen LogP contribution is -2.39. The fraction of sp³-hybridized carbons (Fsp3) is 0.409. The number of carbonyl (C=O) groups is 1. The van der Waals surface area contributed by atoms with Gasteiger partial charge >= 0.3 is 0 Å². The van der Waals surface area contributed by atoms with E-state index in [0.29, 0.717) is 20.6 Å². The molecule has 1 saturated carbocycles. The average molecular weight is 472 g/mol. The molecule has 2 aromatic carbocycles. The lowest BCUT2D eigenvalue weighted by Gasteiger charge is -2.33. The molecule has 0 aromatic heterocycles. The van der Waals surface area contributed by atoms with Crippen LogP contribution in [0.5, 0.6) is 0 Å². The molecule has 0 bridgehead atoms. The topological polar surface area (TPSA) is 32.3 Å². The number of amides is 1. The summed E-state index contributed by atoms with van der Waals surface area (Å²) in [6, 6.07) is 10.9. The number of nitrogens with zero attached hydrogens (tertiary/aromatic N) is 1. The molecule has 2 aliphatic rings.